The largest absolute Gasteiger partial charge is 0.330 e. The third-order valence-electron chi connectivity index (χ3n) is 6.72. The Morgan fingerprint density at radius 1 is 1.06 bits per heavy atom. The lowest BCUT2D eigenvalue weighted by Crippen LogP contribution is -2.34. The summed E-state index contributed by atoms with van der Waals surface area (Å²) in [4.78, 5) is 12.5. The minimum atomic E-state index is 0. The predicted molar refractivity (Wildman–Crippen MR) is 131 cm³/mol. The van der Waals surface area contributed by atoms with Crippen molar-refractivity contribution in [2.24, 2.45) is 11.7 Å². The van der Waals surface area contributed by atoms with Crippen molar-refractivity contribution < 1.29 is 0 Å². The first-order valence-corrected chi connectivity index (χ1v) is 11.7. The lowest BCUT2D eigenvalue weighted by molar-refractivity contribution is 0.157. The van der Waals surface area contributed by atoms with Gasteiger partial charge in [0.25, 0.3) is 0 Å². The molecule has 0 saturated heterocycles. The van der Waals surface area contributed by atoms with Gasteiger partial charge in [0.2, 0.25) is 0 Å². The Bertz CT molecular complexity index is 996. The number of rotatable bonds is 9. The van der Waals surface area contributed by atoms with Crippen molar-refractivity contribution >= 4 is 28.0 Å². The monoisotopic (exact) mass is 483 g/mol. The van der Waals surface area contributed by atoms with E-state index < -0.39 is 0 Å². The molecule has 1 aromatic carbocycles. The quantitative estimate of drug-likeness (QED) is 0.433. The molecule has 2 aliphatic rings. The van der Waals surface area contributed by atoms with Crippen LogP contribution in [-0.2, 0) is 19.5 Å². The lowest BCUT2D eigenvalue weighted by Gasteiger charge is -2.35. The molecule has 166 valence electrons. The van der Waals surface area contributed by atoms with Gasteiger partial charge < -0.3 is 10.3 Å². The standard InChI is InChI=1S/C25H33N5.BrH/c26-14-3-4-16-29(23-11-5-7-20-8-6-15-27-25(20)23)18-24-28-21-9-1-2-10-22(21)30(24)17-19-12-13-19;/h1-2,6,8-10,15,19,23H,3-5,7,11-14,16-18,26H2;1H. The van der Waals surface area contributed by atoms with Crippen molar-refractivity contribution in [3.05, 3.63) is 59.7 Å². The van der Waals surface area contributed by atoms with Gasteiger partial charge >= 0.3 is 0 Å². The molecule has 0 amide bonds. The Labute approximate surface area is 195 Å². The molecule has 2 heterocycles. The van der Waals surface area contributed by atoms with E-state index >= 15 is 0 Å². The number of aromatic nitrogens is 3. The summed E-state index contributed by atoms with van der Waals surface area (Å²) in [6.07, 6.45) is 10.4. The van der Waals surface area contributed by atoms with Crippen LogP contribution in [0.15, 0.2) is 42.6 Å². The van der Waals surface area contributed by atoms with E-state index in [-0.39, 0.29) is 17.0 Å². The summed E-state index contributed by atoms with van der Waals surface area (Å²) in [5.41, 5.74) is 10.9. The Morgan fingerprint density at radius 3 is 2.77 bits per heavy atom. The van der Waals surface area contributed by atoms with Crippen LogP contribution in [0.1, 0.15) is 61.6 Å². The van der Waals surface area contributed by atoms with E-state index in [0.717, 1.165) is 56.9 Å². The van der Waals surface area contributed by atoms with E-state index in [1.165, 1.54) is 48.3 Å². The van der Waals surface area contributed by atoms with E-state index in [4.69, 9.17) is 15.7 Å². The number of para-hydroxylation sites is 2. The molecule has 0 spiro atoms. The van der Waals surface area contributed by atoms with Gasteiger partial charge in [-0.1, -0.05) is 18.2 Å². The number of hydrogen-bond acceptors (Lipinski definition) is 4. The van der Waals surface area contributed by atoms with E-state index in [9.17, 15) is 0 Å². The second kappa shape index (κ2) is 10.2. The molecule has 1 unspecified atom stereocenters. The van der Waals surface area contributed by atoms with Crippen molar-refractivity contribution in [1.29, 1.82) is 0 Å². The van der Waals surface area contributed by atoms with Gasteiger partial charge in [0, 0.05) is 12.7 Å². The van der Waals surface area contributed by atoms with Crippen LogP contribution < -0.4 is 5.73 Å². The summed E-state index contributed by atoms with van der Waals surface area (Å²) in [6.45, 7) is 3.79. The average Bonchev–Trinajstić information content (AvgIpc) is 3.54. The summed E-state index contributed by atoms with van der Waals surface area (Å²) >= 11 is 0. The van der Waals surface area contributed by atoms with Crippen LogP contribution in [0.2, 0.25) is 0 Å². The van der Waals surface area contributed by atoms with Crippen molar-refractivity contribution in [2.45, 2.75) is 64.1 Å². The summed E-state index contributed by atoms with van der Waals surface area (Å²) in [5, 5.41) is 0. The molecule has 3 aromatic rings. The molecular formula is C25H34BrN5. The third-order valence-corrected chi connectivity index (χ3v) is 6.72. The molecule has 0 radical (unpaired) electrons. The molecule has 1 saturated carbocycles. The summed E-state index contributed by atoms with van der Waals surface area (Å²) < 4.78 is 2.49. The smallest absolute Gasteiger partial charge is 0.124 e. The first-order valence-electron chi connectivity index (χ1n) is 11.7. The van der Waals surface area contributed by atoms with Crippen LogP contribution in [0, 0.1) is 5.92 Å². The number of hydrogen-bond donors (Lipinski definition) is 1. The van der Waals surface area contributed by atoms with Crippen LogP contribution in [0.4, 0.5) is 0 Å². The number of nitrogens with two attached hydrogens (primary N) is 1. The minimum Gasteiger partial charge on any atom is -0.330 e. The first-order chi connectivity index (χ1) is 14.8. The van der Waals surface area contributed by atoms with Gasteiger partial charge in [-0.2, -0.15) is 0 Å². The minimum absolute atomic E-state index is 0. The van der Waals surface area contributed by atoms with Gasteiger partial charge in [0.1, 0.15) is 5.82 Å². The highest BCUT2D eigenvalue weighted by molar-refractivity contribution is 8.93. The fraction of sp³-hybridized carbons (Fsp3) is 0.520. The molecule has 0 bridgehead atoms. The zero-order chi connectivity index (χ0) is 20.3. The molecule has 31 heavy (non-hydrogen) atoms. The summed E-state index contributed by atoms with van der Waals surface area (Å²) in [6, 6.07) is 13.3. The van der Waals surface area contributed by atoms with Crippen molar-refractivity contribution in [1.82, 2.24) is 19.4 Å². The Balaban J connectivity index is 0.00000231. The molecule has 5 rings (SSSR count). The van der Waals surface area contributed by atoms with Crippen molar-refractivity contribution in [2.75, 3.05) is 13.1 Å². The Morgan fingerprint density at radius 2 is 1.94 bits per heavy atom. The maximum Gasteiger partial charge on any atom is 0.124 e. The number of pyridine rings is 1. The number of aryl methyl sites for hydroxylation is 1. The highest BCUT2D eigenvalue weighted by Gasteiger charge is 2.29. The van der Waals surface area contributed by atoms with E-state index in [2.05, 4.69) is 45.9 Å². The van der Waals surface area contributed by atoms with Gasteiger partial charge in [-0.15, -0.1) is 17.0 Å². The lowest BCUT2D eigenvalue weighted by atomic mass is 9.90. The van der Waals surface area contributed by atoms with Crippen LogP contribution in [0.25, 0.3) is 11.0 Å². The highest BCUT2D eigenvalue weighted by Crippen LogP contribution is 2.36. The molecule has 6 heteroatoms. The van der Waals surface area contributed by atoms with E-state index in [1.54, 1.807) is 0 Å². The van der Waals surface area contributed by atoms with Crippen molar-refractivity contribution in [3.63, 3.8) is 0 Å². The summed E-state index contributed by atoms with van der Waals surface area (Å²) in [7, 11) is 0. The number of nitrogens with zero attached hydrogens (tertiary/aromatic N) is 4. The topological polar surface area (TPSA) is 60.0 Å². The average molecular weight is 484 g/mol. The maximum atomic E-state index is 5.81. The third kappa shape index (κ3) is 5.02. The van der Waals surface area contributed by atoms with Crippen LogP contribution in [0.5, 0.6) is 0 Å². The first kappa shape index (κ1) is 22.4. The number of halogens is 1. The van der Waals surface area contributed by atoms with Crippen LogP contribution >= 0.6 is 17.0 Å². The molecule has 1 fully saturated rings. The second-order valence-corrected chi connectivity index (χ2v) is 8.99. The maximum absolute atomic E-state index is 5.81. The molecule has 2 aliphatic carbocycles. The normalized spacial score (nSPS) is 18.2. The number of fused-ring (bicyclic) bond motifs is 2. The van der Waals surface area contributed by atoms with E-state index in [1.807, 2.05) is 6.20 Å². The SMILES string of the molecule is Br.NCCCCN(Cc1nc2ccccc2n1CC1CC1)C1CCCc2cccnc21. The number of imidazole rings is 1. The Kier molecular flexibility index (Phi) is 7.41. The van der Waals surface area contributed by atoms with E-state index in [0.29, 0.717) is 6.04 Å². The Hall–Kier alpha value is -1.76. The molecule has 0 aliphatic heterocycles. The molecular weight excluding hydrogens is 450 g/mol. The zero-order valence-corrected chi connectivity index (χ0v) is 20.0. The van der Waals surface area contributed by atoms with Crippen LogP contribution in [0.3, 0.4) is 0 Å². The number of benzene rings is 1. The summed E-state index contributed by atoms with van der Waals surface area (Å²) in [5.74, 6) is 2.03. The highest BCUT2D eigenvalue weighted by atomic mass is 79.9. The van der Waals surface area contributed by atoms with Gasteiger partial charge in [0.15, 0.2) is 0 Å². The zero-order valence-electron chi connectivity index (χ0n) is 18.2. The predicted octanol–water partition coefficient (Wildman–Crippen LogP) is 5.04. The van der Waals surface area contributed by atoms with Gasteiger partial charge in [-0.05, 0) is 87.7 Å². The van der Waals surface area contributed by atoms with Gasteiger partial charge in [-0.25, -0.2) is 4.98 Å². The van der Waals surface area contributed by atoms with Crippen molar-refractivity contribution in [3.8, 4) is 0 Å². The van der Waals surface area contributed by atoms with Gasteiger partial charge in [-0.3, -0.25) is 9.88 Å². The molecule has 2 aromatic heterocycles. The fourth-order valence-electron chi connectivity index (χ4n) is 4.93. The molecule has 5 nitrogen and oxygen atoms in total. The number of unbranched alkanes of at least 4 members (excludes halogenated alkanes) is 1. The fourth-order valence-corrected chi connectivity index (χ4v) is 4.93. The van der Waals surface area contributed by atoms with Crippen LogP contribution in [-0.4, -0.2) is 32.5 Å². The molecule has 1 atom stereocenters. The second-order valence-electron chi connectivity index (χ2n) is 8.99. The molecule has 2 N–H and O–H groups in total. The van der Waals surface area contributed by atoms with Gasteiger partial charge in [0.05, 0.1) is 29.3 Å².